The highest BCUT2D eigenvalue weighted by atomic mass is 28.3. The molecular formula is C13H17NSi. The van der Waals surface area contributed by atoms with Crippen LogP contribution in [0.2, 0.25) is 19.6 Å². The highest BCUT2D eigenvalue weighted by molar-refractivity contribution is 6.83. The first-order valence-corrected chi connectivity index (χ1v) is 8.88. The molecule has 0 radical (unpaired) electrons. The summed E-state index contributed by atoms with van der Waals surface area (Å²) in [6.07, 6.45) is 10.5. The molecule has 0 aromatic carbocycles. The van der Waals surface area contributed by atoms with Crippen molar-refractivity contribution in [3.8, 4) is 0 Å². The zero-order valence-corrected chi connectivity index (χ0v) is 10.6. The smallest absolute Gasteiger partial charge is 0.0736 e. The number of nitrogens with zero attached hydrogens (tertiary/aromatic N) is 1. The van der Waals surface area contributed by atoms with E-state index in [0.29, 0.717) is 5.92 Å². The summed E-state index contributed by atoms with van der Waals surface area (Å²) < 4.78 is 0. The van der Waals surface area contributed by atoms with E-state index in [2.05, 4.69) is 55.0 Å². The van der Waals surface area contributed by atoms with Crippen LogP contribution in [0.5, 0.6) is 0 Å². The van der Waals surface area contributed by atoms with Gasteiger partial charge in [-0.1, -0.05) is 43.1 Å². The first kappa shape index (κ1) is 10.4. The Hall–Kier alpha value is -1.15. The standard InChI is InChI=1S/C13H17NSi/c1-15(2,3)13-6-4-5-12(13)11-7-9-14-10-8-11/h4-10,12H,1-3H3. The highest BCUT2D eigenvalue weighted by Gasteiger charge is 2.28. The van der Waals surface area contributed by atoms with Crippen LogP contribution >= 0.6 is 0 Å². The summed E-state index contributed by atoms with van der Waals surface area (Å²) in [6.45, 7) is 7.21. The molecule has 1 nitrogen and oxygen atoms in total. The first-order valence-electron chi connectivity index (χ1n) is 5.38. The minimum Gasteiger partial charge on any atom is -0.265 e. The molecule has 1 aliphatic carbocycles. The molecule has 1 heterocycles. The maximum atomic E-state index is 4.07. The van der Waals surface area contributed by atoms with Crippen LogP contribution < -0.4 is 0 Å². The van der Waals surface area contributed by atoms with E-state index in [0.717, 1.165) is 0 Å². The van der Waals surface area contributed by atoms with Crippen molar-refractivity contribution < 1.29 is 0 Å². The number of allylic oxidation sites excluding steroid dienone is 4. The molecule has 1 atom stereocenters. The number of rotatable bonds is 2. The first-order chi connectivity index (χ1) is 7.09. The van der Waals surface area contributed by atoms with E-state index < -0.39 is 8.07 Å². The predicted octanol–water partition coefficient (Wildman–Crippen LogP) is 3.54. The fraction of sp³-hybridized carbons (Fsp3) is 0.308. The Labute approximate surface area is 92.6 Å². The van der Waals surface area contributed by atoms with Crippen LogP contribution in [0.25, 0.3) is 0 Å². The predicted molar refractivity (Wildman–Crippen MR) is 67.5 cm³/mol. The molecule has 0 spiro atoms. The van der Waals surface area contributed by atoms with Gasteiger partial charge in [-0.15, -0.1) is 0 Å². The summed E-state index contributed by atoms with van der Waals surface area (Å²) in [7, 11) is -1.19. The van der Waals surface area contributed by atoms with Crippen LogP contribution in [0.3, 0.4) is 0 Å². The van der Waals surface area contributed by atoms with E-state index in [1.165, 1.54) is 5.56 Å². The molecule has 2 rings (SSSR count). The third-order valence-electron chi connectivity index (χ3n) is 2.85. The molecule has 0 aliphatic heterocycles. The lowest BCUT2D eigenvalue weighted by Gasteiger charge is -2.25. The molecule has 2 heteroatoms. The second-order valence-electron chi connectivity index (χ2n) is 5.02. The third-order valence-corrected chi connectivity index (χ3v) is 5.06. The van der Waals surface area contributed by atoms with Gasteiger partial charge in [0, 0.05) is 18.3 Å². The lowest BCUT2D eigenvalue weighted by Crippen LogP contribution is -2.26. The van der Waals surface area contributed by atoms with Crippen molar-refractivity contribution in [2.45, 2.75) is 25.6 Å². The Balaban J connectivity index is 2.33. The Morgan fingerprint density at radius 3 is 2.40 bits per heavy atom. The second kappa shape index (κ2) is 3.78. The average molecular weight is 215 g/mol. The minimum absolute atomic E-state index is 0.500. The summed E-state index contributed by atoms with van der Waals surface area (Å²) in [5.74, 6) is 0.500. The van der Waals surface area contributed by atoms with E-state index in [4.69, 9.17) is 0 Å². The monoisotopic (exact) mass is 215 g/mol. The van der Waals surface area contributed by atoms with Crippen molar-refractivity contribution in [2.24, 2.45) is 0 Å². The molecule has 0 N–H and O–H groups in total. The third kappa shape index (κ3) is 2.10. The molecule has 0 bridgehead atoms. The van der Waals surface area contributed by atoms with Gasteiger partial charge in [-0.3, -0.25) is 4.98 Å². The van der Waals surface area contributed by atoms with Gasteiger partial charge in [0.2, 0.25) is 0 Å². The van der Waals surface area contributed by atoms with Crippen molar-refractivity contribution in [1.29, 1.82) is 0 Å². The Morgan fingerprint density at radius 1 is 1.13 bits per heavy atom. The zero-order valence-electron chi connectivity index (χ0n) is 9.57. The molecule has 1 aliphatic rings. The van der Waals surface area contributed by atoms with Crippen LogP contribution in [0.1, 0.15) is 11.5 Å². The van der Waals surface area contributed by atoms with Gasteiger partial charge in [-0.25, -0.2) is 0 Å². The van der Waals surface area contributed by atoms with Crippen molar-refractivity contribution in [3.05, 3.63) is 53.5 Å². The second-order valence-corrected chi connectivity index (χ2v) is 10.1. The number of hydrogen-bond donors (Lipinski definition) is 0. The maximum Gasteiger partial charge on any atom is 0.0736 e. The Kier molecular flexibility index (Phi) is 2.61. The molecule has 1 aromatic rings. The van der Waals surface area contributed by atoms with E-state index in [9.17, 15) is 0 Å². The van der Waals surface area contributed by atoms with Crippen molar-refractivity contribution in [2.75, 3.05) is 0 Å². The van der Waals surface area contributed by atoms with Gasteiger partial charge < -0.3 is 0 Å². The normalized spacial score (nSPS) is 20.5. The number of pyridine rings is 1. The van der Waals surface area contributed by atoms with Crippen LogP contribution in [-0.2, 0) is 0 Å². The van der Waals surface area contributed by atoms with E-state index in [1.807, 2.05) is 12.4 Å². The molecular weight excluding hydrogens is 198 g/mol. The fourth-order valence-corrected chi connectivity index (χ4v) is 3.85. The number of aromatic nitrogens is 1. The quantitative estimate of drug-likeness (QED) is 0.688. The van der Waals surface area contributed by atoms with E-state index in [1.54, 1.807) is 5.20 Å². The van der Waals surface area contributed by atoms with Crippen LogP contribution in [0.15, 0.2) is 48.0 Å². The van der Waals surface area contributed by atoms with Crippen molar-refractivity contribution >= 4 is 8.07 Å². The van der Waals surface area contributed by atoms with Gasteiger partial charge in [0.1, 0.15) is 0 Å². The summed E-state index contributed by atoms with van der Waals surface area (Å²) in [5.41, 5.74) is 1.37. The summed E-state index contributed by atoms with van der Waals surface area (Å²) in [5, 5.41) is 1.62. The summed E-state index contributed by atoms with van der Waals surface area (Å²) >= 11 is 0. The van der Waals surface area contributed by atoms with Gasteiger partial charge >= 0.3 is 0 Å². The minimum atomic E-state index is -1.19. The van der Waals surface area contributed by atoms with Gasteiger partial charge in [0.05, 0.1) is 8.07 Å². The summed E-state index contributed by atoms with van der Waals surface area (Å²) in [4.78, 5) is 4.07. The Bertz CT molecular complexity index is 398. The van der Waals surface area contributed by atoms with E-state index in [-0.39, 0.29) is 0 Å². The SMILES string of the molecule is C[Si](C)(C)C1=CC=CC1c1ccncc1. The number of hydrogen-bond acceptors (Lipinski definition) is 1. The van der Waals surface area contributed by atoms with Crippen molar-refractivity contribution in [1.82, 2.24) is 4.98 Å². The van der Waals surface area contributed by atoms with Crippen LogP contribution in [0, 0.1) is 0 Å². The van der Waals surface area contributed by atoms with Gasteiger partial charge in [-0.2, -0.15) is 0 Å². The highest BCUT2D eigenvalue weighted by Crippen LogP contribution is 2.35. The molecule has 78 valence electrons. The van der Waals surface area contributed by atoms with Crippen LogP contribution in [-0.4, -0.2) is 13.1 Å². The average Bonchev–Trinajstić information content (AvgIpc) is 2.67. The molecule has 1 aromatic heterocycles. The molecule has 0 amide bonds. The summed E-state index contributed by atoms with van der Waals surface area (Å²) in [6, 6.07) is 4.24. The van der Waals surface area contributed by atoms with Gasteiger partial charge in [-0.05, 0) is 17.7 Å². The molecule has 15 heavy (non-hydrogen) atoms. The zero-order chi connectivity index (χ0) is 10.9. The topological polar surface area (TPSA) is 12.9 Å². The molecule has 0 fully saturated rings. The molecule has 1 unspecified atom stereocenters. The fourth-order valence-electron chi connectivity index (χ4n) is 2.06. The lowest BCUT2D eigenvalue weighted by molar-refractivity contribution is 1.05. The largest absolute Gasteiger partial charge is 0.265 e. The van der Waals surface area contributed by atoms with Gasteiger partial charge in [0.15, 0.2) is 0 Å². The lowest BCUT2D eigenvalue weighted by atomic mass is 10.0. The Morgan fingerprint density at radius 2 is 1.80 bits per heavy atom. The molecule has 0 saturated carbocycles. The molecule has 0 saturated heterocycles. The van der Waals surface area contributed by atoms with E-state index >= 15 is 0 Å². The van der Waals surface area contributed by atoms with Gasteiger partial charge in [0.25, 0.3) is 0 Å². The van der Waals surface area contributed by atoms with Crippen LogP contribution in [0.4, 0.5) is 0 Å². The maximum absolute atomic E-state index is 4.07. The van der Waals surface area contributed by atoms with Crippen molar-refractivity contribution in [3.63, 3.8) is 0 Å².